The van der Waals surface area contributed by atoms with E-state index in [0.29, 0.717) is 32.3 Å². The van der Waals surface area contributed by atoms with Crippen LogP contribution in [0.4, 0.5) is 11.6 Å². The van der Waals surface area contributed by atoms with Crippen molar-refractivity contribution >= 4 is 11.6 Å². The van der Waals surface area contributed by atoms with E-state index >= 15 is 0 Å². The van der Waals surface area contributed by atoms with Crippen LogP contribution in [0.15, 0.2) is 29.1 Å². The summed E-state index contributed by atoms with van der Waals surface area (Å²) in [5.74, 6) is 0.662. The van der Waals surface area contributed by atoms with Crippen LogP contribution in [0.3, 0.4) is 0 Å². The second-order valence-electron chi connectivity index (χ2n) is 7.69. The van der Waals surface area contributed by atoms with E-state index in [-0.39, 0.29) is 12.2 Å². The summed E-state index contributed by atoms with van der Waals surface area (Å²) < 4.78 is 5.40. The molecule has 1 saturated heterocycles. The predicted molar refractivity (Wildman–Crippen MR) is 113 cm³/mol. The summed E-state index contributed by atoms with van der Waals surface area (Å²) in [6, 6.07) is 8.43. The Morgan fingerprint density at radius 2 is 1.97 bits per heavy atom. The van der Waals surface area contributed by atoms with Crippen LogP contribution in [0.2, 0.25) is 0 Å². The highest BCUT2D eigenvalue weighted by atomic mass is 16.5. The number of rotatable bonds is 6. The van der Waals surface area contributed by atoms with E-state index in [4.69, 9.17) is 14.8 Å². The average Bonchev–Trinajstić information content (AvgIpc) is 2.75. The van der Waals surface area contributed by atoms with Crippen LogP contribution in [0, 0.1) is 0 Å². The first-order chi connectivity index (χ1) is 14.1. The minimum atomic E-state index is -0.00702. The summed E-state index contributed by atoms with van der Waals surface area (Å²) in [7, 11) is 1.97. The molecule has 2 N–H and O–H groups in total. The Morgan fingerprint density at radius 3 is 2.69 bits per heavy atom. The summed E-state index contributed by atoms with van der Waals surface area (Å²) >= 11 is 0. The lowest BCUT2D eigenvalue weighted by molar-refractivity contribution is 0.122. The van der Waals surface area contributed by atoms with Crippen LogP contribution in [-0.2, 0) is 24.2 Å². The van der Waals surface area contributed by atoms with Gasteiger partial charge >= 0.3 is 0 Å². The summed E-state index contributed by atoms with van der Waals surface area (Å²) in [5, 5.41) is 9.08. The maximum atomic E-state index is 12.6. The molecule has 29 heavy (non-hydrogen) atoms. The monoisotopic (exact) mass is 399 g/mol. The Bertz CT molecular complexity index is 877. The Kier molecular flexibility index (Phi) is 6.13. The van der Waals surface area contributed by atoms with Crippen molar-refractivity contribution in [3.63, 3.8) is 0 Å². The molecule has 3 heterocycles. The number of benzene rings is 1. The Hall–Kier alpha value is -2.42. The van der Waals surface area contributed by atoms with Gasteiger partial charge in [-0.2, -0.15) is 0 Å². The molecular weight excluding hydrogens is 370 g/mol. The van der Waals surface area contributed by atoms with Crippen molar-refractivity contribution in [1.29, 1.82) is 0 Å². The quantitative estimate of drug-likeness (QED) is 0.736. The van der Waals surface area contributed by atoms with E-state index < -0.39 is 0 Å². The number of aromatic nitrogens is 2. The standard InChI is InChI=1S/C21H29N5O3/c1-24(8-11-27)17-4-2-16(3-5-17)14-25-7-6-18-19(15-25)22-21(23-20(18)28)26-9-12-29-13-10-26/h2-5,27H,6-15H2,1H3,(H,22,23,28). The molecule has 2 aliphatic heterocycles. The molecule has 2 aliphatic rings. The minimum Gasteiger partial charge on any atom is -0.395 e. The molecule has 0 bridgehead atoms. The first kappa shape index (κ1) is 19.9. The third kappa shape index (κ3) is 4.60. The van der Waals surface area contributed by atoms with Crippen LogP contribution in [0.25, 0.3) is 0 Å². The molecule has 156 valence electrons. The van der Waals surface area contributed by atoms with Gasteiger partial charge in [0.05, 0.1) is 25.5 Å². The number of aliphatic hydroxyl groups excluding tert-OH is 1. The van der Waals surface area contributed by atoms with E-state index in [1.807, 2.05) is 11.9 Å². The van der Waals surface area contributed by atoms with Crippen LogP contribution in [0.5, 0.6) is 0 Å². The number of aromatic amines is 1. The maximum absolute atomic E-state index is 12.6. The van der Waals surface area contributed by atoms with E-state index in [1.165, 1.54) is 5.56 Å². The van der Waals surface area contributed by atoms with E-state index in [2.05, 4.69) is 39.0 Å². The highest BCUT2D eigenvalue weighted by Gasteiger charge is 2.23. The van der Waals surface area contributed by atoms with Crippen molar-refractivity contribution in [2.75, 3.05) is 62.8 Å². The molecule has 0 radical (unpaired) electrons. The second-order valence-corrected chi connectivity index (χ2v) is 7.69. The van der Waals surface area contributed by atoms with Crippen LogP contribution >= 0.6 is 0 Å². The number of morpholine rings is 1. The summed E-state index contributed by atoms with van der Waals surface area (Å²) in [6.07, 6.45) is 0.721. The zero-order chi connectivity index (χ0) is 20.2. The van der Waals surface area contributed by atoms with Gasteiger partial charge in [0, 0.05) is 57.6 Å². The fraction of sp³-hybridized carbons (Fsp3) is 0.524. The summed E-state index contributed by atoms with van der Waals surface area (Å²) in [5.41, 5.74) is 4.02. The minimum absolute atomic E-state index is 0.00702. The average molecular weight is 399 g/mol. The summed E-state index contributed by atoms with van der Waals surface area (Å²) in [6.45, 7) is 5.95. The molecule has 2 aromatic rings. The lowest BCUT2D eigenvalue weighted by Gasteiger charge is -2.31. The second kappa shape index (κ2) is 8.94. The number of nitrogens with zero attached hydrogens (tertiary/aromatic N) is 4. The normalized spacial score (nSPS) is 17.2. The highest BCUT2D eigenvalue weighted by molar-refractivity contribution is 5.46. The summed E-state index contributed by atoms with van der Waals surface area (Å²) in [4.78, 5) is 26.8. The molecule has 1 fully saturated rings. The van der Waals surface area contributed by atoms with Gasteiger partial charge in [-0.15, -0.1) is 0 Å². The number of likely N-dealkylation sites (N-methyl/N-ethyl adjacent to an activating group) is 1. The molecule has 8 nitrogen and oxygen atoms in total. The van der Waals surface area contributed by atoms with Crippen LogP contribution < -0.4 is 15.4 Å². The lowest BCUT2D eigenvalue weighted by atomic mass is 10.1. The number of ether oxygens (including phenoxy) is 1. The molecule has 1 aromatic heterocycles. The fourth-order valence-corrected chi connectivity index (χ4v) is 3.93. The van der Waals surface area contributed by atoms with Gasteiger partial charge in [-0.05, 0) is 24.1 Å². The highest BCUT2D eigenvalue weighted by Crippen LogP contribution is 2.20. The number of hydrogen-bond donors (Lipinski definition) is 2. The first-order valence-corrected chi connectivity index (χ1v) is 10.2. The van der Waals surface area contributed by atoms with Crippen LogP contribution in [-0.4, -0.2) is 73.0 Å². The SMILES string of the molecule is CN(CCO)c1ccc(CN2CCc3c(nc(N4CCOCC4)[nH]c3=O)C2)cc1. The number of hydrogen-bond acceptors (Lipinski definition) is 7. The number of aliphatic hydroxyl groups is 1. The predicted octanol–water partition coefficient (Wildman–Crippen LogP) is 0.593. The van der Waals surface area contributed by atoms with E-state index in [0.717, 1.165) is 49.5 Å². The smallest absolute Gasteiger partial charge is 0.255 e. The van der Waals surface area contributed by atoms with Gasteiger partial charge in [-0.3, -0.25) is 14.7 Å². The molecule has 0 saturated carbocycles. The Labute approximate surface area is 170 Å². The molecule has 0 aliphatic carbocycles. The largest absolute Gasteiger partial charge is 0.395 e. The molecule has 0 spiro atoms. The Balaban J connectivity index is 1.45. The van der Waals surface area contributed by atoms with E-state index in [9.17, 15) is 4.79 Å². The molecular formula is C21H29N5O3. The zero-order valence-corrected chi connectivity index (χ0v) is 16.9. The lowest BCUT2D eigenvalue weighted by Crippen LogP contribution is -2.40. The van der Waals surface area contributed by atoms with Crippen LogP contribution in [0.1, 0.15) is 16.8 Å². The van der Waals surface area contributed by atoms with Crippen molar-refractivity contribution in [1.82, 2.24) is 14.9 Å². The molecule has 0 atom stereocenters. The Morgan fingerprint density at radius 1 is 1.21 bits per heavy atom. The molecule has 8 heteroatoms. The van der Waals surface area contributed by atoms with Gasteiger partial charge in [0.1, 0.15) is 0 Å². The number of H-pyrrole nitrogens is 1. The topological polar surface area (TPSA) is 84.9 Å². The number of anilines is 2. The molecule has 4 rings (SSSR count). The fourth-order valence-electron chi connectivity index (χ4n) is 3.93. The third-order valence-electron chi connectivity index (χ3n) is 5.67. The third-order valence-corrected chi connectivity index (χ3v) is 5.67. The number of nitrogens with one attached hydrogen (secondary N) is 1. The van der Waals surface area contributed by atoms with E-state index in [1.54, 1.807) is 0 Å². The van der Waals surface area contributed by atoms with Gasteiger partial charge in [0.2, 0.25) is 5.95 Å². The van der Waals surface area contributed by atoms with Gasteiger partial charge < -0.3 is 19.6 Å². The van der Waals surface area contributed by atoms with Gasteiger partial charge in [-0.1, -0.05) is 12.1 Å². The molecule has 0 unspecified atom stereocenters. The maximum Gasteiger partial charge on any atom is 0.255 e. The molecule has 1 aromatic carbocycles. The van der Waals surface area contributed by atoms with Gasteiger partial charge in [0.25, 0.3) is 5.56 Å². The van der Waals surface area contributed by atoms with Crippen molar-refractivity contribution in [2.45, 2.75) is 19.5 Å². The van der Waals surface area contributed by atoms with Crippen molar-refractivity contribution in [3.8, 4) is 0 Å². The number of fused-ring (bicyclic) bond motifs is 1. The van der Waals surface area contributed by atoms with Crippen molar-refractivity contribution in [2.24, 2.45) is 0 Å². The zero-order valence-electron chi connectivity index (χ0n) is 16.9. The molecule has 0 amide bonds. The van der Waals surface area contributed by atoms with Crippen molar-refractivity contribution in [3.05, 3.63) is 51.4 Å². The first-order valence-electron chi connectivity index (χ1n) is 10.2. The van der Waals surface area contributed by atoms with Crippen molar-refractivity contribution < 1.29 is 9.84 Å². The van der Waals surface area contributed by atoms with Gasteiger partial charge in [0.15, 0.2) is 0 Å². The van der Waals surface area contributed by atoms with Gasteiger partial charge in [-0.25, -0.2) is 4.98 Å².